The summed E-state index contributed by atoms with van der Waals surface area (Å²) >= 11 is 0. The minimum Gasteiger partial charge on any atom is -0.465 e. The summed E-state index contributed by atoms with van der Waals surface area (Å²) < 4.78 is 4.80. The quantitative estimate of drug-likeness (QED) is 0.811. The Morgan fingerprint density at radius 2 is 1.88 bits per heavy atom. The molecule has 2 amide bonds. The van der Waals surface area contributed by atoms with Gasteiger partial charge in [-0.25, -0.2) is 9.59 Å². The molecular formula is C19H20N2O3. The van der Waals surface area contributed by atoms with Crippen LogP contribution in [-0.2, 0) is 11.3 Å². The summed E-state index contributed by atoms with van der Waals surface area (Å²) in [5, 5.41) is 0. The largest absolute Gasteiger partial charge is 0.465 e. The fourth-order valence-corrected chi connectivity index (χ4v) is 2.96. The van der Waals surface area contributed by atoms with Crippen LogP contribution in [0, 0.1) is 0 Å². The first-order valence-electron chi connectivity index (χ1n) is 7.83. The molecule has 0 N–H and O–H groups in total. The molecule has 5 heteroatoms. The second-order valence-corrected chi connectivity index (χ2v) is 5.91. The number of nitrogens with zero attached hydrogens (tertiary/aromatic N) is 2. The molecule has 1 unspecified atom stereocenters. The van der Waals surface area contributed by atoms with E-state index in [-0.39, 0.29) is 12.1 Å². The molecule has 3 rings (SSSR count). The number of urea groups is 1. The van der Waals surface area contributed by atoms with E-state index in [9.17, 15) is 9.59 Å². The monoisotopic (exact) mass is 324 g/mol. The Hall–Kier alpha value is -2.82. The van der Waals surface area contributed by atoms with Crippen molar-refractivity contribution in [2.24, 2.45) is 0 Å². The number of fused-ring (bicyclic) bond motifs is 1. The number of carbonyl (C=O) groups excluding carboxylic acids is 2. The standard InChI is InChI=1S/C19H20N2O3/c1-13-16-10-9-15(18(22)24-3)11-17(16)21(19(23)20(13)2)12-14-7-5-4-6-8-14/h4-11,13H,12H2,1-3H3. The molecule has 1 heterocycles. The number of hydrogen-bond donors (Lipinski definition) is 0. The van der Waals surface area contributed by atoms with E-state index in [0.29, 0.717) is 12.1 Å². The van der Waals surface area contributed by atoms with Crippen LogP contribution in [0.5, 0.6) is 0 Å². The van der Waals surface area contributed by atoms with Gasteiger partial charge < -0.3 is 9.64 Å². The average molecular weight is 324 g/mol. The lowest BCUT2D eigenvalue weighted by Crippen LogP contribution is -2.46. The lowest BCUT2D eigenvalue weighted by molar-refractivity contribution is 0.0600. The molecule has 0 spiro atoms. The van der Waals surface area contributed by atoms with Gasteiger partial charge in [0.05, 0.1) is 30.9 Å². The van der Waals surface area contributed by atoms with Crippen LogP contribution in [0.4, 0.5) is 10.5 Å². The molecule has 0 saturated carbocycles. The van der Waals surface area contributed by atoms with Gasteiger partial charge in [-0.05, 0) is 30.2 Å². The van der Waals surface area contributed by atoms with Gasteiger partial charge in [-0.1, -0.05) is 36.4 Å². The Morgan fingerprint density at radius 3 is 2.54 bits per heavy atom. The number of benzene rings is 2. The van der Waals surface area contributed by atoms with Gasteiger partial charge in [0.15, 0.2) is 0 Å². The second kappa shape index (κ2) is 6.35. The highest BCUT2D eigenvalue weighted by Gasteiger charge is 2.33. The molecular weight excluding hydrogens is 304 g/mol. The minimum atomic E-state index is -0.406. The maximum absolute atomic E-state index is 12.8. The number of methoxy groups -OCH3 is 1. The van der Waals surface area contributed by atoms with E-state index in [1.165, 1.54) is 7.11 Å². The molecule has 2 aromatic rings. The van der Waals surface area contributed by atoms with Crippen LogP contribution in [0.1, 0.15) is 34.5 Å². The third-order valence-electron chi connectivity index (χ3n) is 4.49. The summed E-state index contributed by atoms with van der Waals surface area (Å²) in [5.41, 5.74) is 3.25. The molecule has 0 aliphatic carbocycles. The predicted octanol–water partition coefficient (Wildman–Crippen LogP) is 3.61. The zero-order chi connectivity index (χ0) is 17.3. The van der Waals surface area contributed by atoms with E-state index >= 15 is 0 Å². The summed E-state index contributed by atoms with van der Waals surface area (Å²) in [5.74, 6) is -0.406. The molecule has 0 aromatic heterocycles. The highest BCUT2D eigenvalue weighted by atomic mass is 16.5. The van der Waals surface area contributed by atoms with E-state index in [1.807, 2.05) is 43.3 Å². The normalized spacial score (nSPS) is 16.8. The van der Waals surface area contributed by atoms with Crippen molar-refractivity contribution in [2.45, 2.75) is 19.5 Å². The molecule has 5 nitrogen and oxygen atoms in total. The Bertz CT molecular complexity index is 773. The van der Waals surface area contributed by atoms with Crippen molar-refractivity contribution < 1.29 is 14.3 Å². The third-order valence-corrected chi connectivity index (χ3v) is 4.49. The molecule has 0 bridgehead atoms. The van der Waals surface area contributed by atoms with Crippen LogP contribution in [0.25, 0.3) is 0 Å². The third kappa shape index (κ3) is 2.73. The topological polar surface area (TPSA) is 49.9 Å². The van der Waals surface area contributed by atoms with Crippen LogP contribution in [-0.4, -0.2) is 31.1 Å². The van der Waals surface area contributed by atoms with Gasteiger partial charge in [0.25, 0.3) is 0 Å². The van der Waals surface area contributed by atoms with Crippen molar-refractivity contribution in [2.75, 3.05) is 19.1 Å². The first-order chi connectivity index (χ1) is 11.5. The Morgan fingerprint density at radius 1 is 1.17 bits per heavy atom. The summed E-state index contributed by atoms with van der Waals surface area (Å²) in [7, 11) is 3.15. The van der Waals surface area contributed by atoms with Gasteiger partial charge in [0.1, 0.15) is 0 Å². The maximum Gasteiger partial charge on any atom is 0.337 e. The van der Waals surface area contributed by atoms with Crippen molar-refractivity contribution in [3.8, 4) is 0 Å². The highest BCUT2D eigenvalue weighted by Crippen LogP contribution is 2.37. The Balaban J connectivity index is 2.06. The SMILES string of the molecule is COC(=O)c1ccc2c(c1)N(Cc1ccccc1)C(=O)N(C)C2C. The van der Waals surface area contributed by atoms with Crippen molar-refractivity contribution in [1.82, 2.24) is 4.90 Å². The fourth-order valence-electron chi connectivity index (χ4n) is 2.96. The summed E-state index contributed by atoms with van der Waals surface area (Å²) in [6.45, 7) is 2.43. The van der Waals surface area contributed by atoms with E-state index in [4.69, 9.17) is 4.74 Å². The first kappa shape index (κ1) is 16.1. The molecule has 1 atom stereocenters. The summed E-state index contributed by atoms with van der Waals surface area (Å²) in [6, 6.07) is 15.0. The highest BCUT2D eigenvalue weighted by molar-refractivity contribution is 5.98. The number of rotatable bonds is 3. The van der Waals surface area contributed by atoms with Crippen LogP contribution in [0.15, 0.2) is 48.5 Å². The maximum atomic E-state index is 12.8. The number of amides is 2. The number of ether oxygens (including phenoxy) is 1. The van der Waals surface area contributed by atoms with Crippen LogP contribution >= 0.6 is 0 Å². The van der Waals surface area contributed by atoms with Gasteiger partial charge in [-0.2, -0.15) is 0 Å². The van der Waals surface area contributed by atoms with Crippen molar-refractivity contribution in [3.63, 3.8) is 0 Å². The van der Waals surface area contributed by atoms with Crippen LogP contribution in [0.3, 0.4) is 0 Å². The molecule has 0 fully saturated rings. The fraction of sp³-hybridized carbons (Fsp3) is 0.263. The number of esters is 1. The Kier molecular flexibility index (Phi) is 4.25. The molecule has 24 heavy (non-hydrogen) atoms. The number of hydrogen-bond acceptors (Lipinski definition) is 3. The van der Waals surface area contributed by atoms with E-state index in [0.717, 1.165) is 16.8 Å². The zero-order valence-electron chi connectivity index (χ0n) is 14.0. The first-order valence-corrected chi connectivity index (χ1v) is 7.83. The lowest BCUT2D eigenvalue weighted by Gasteiger charge is -2.39. The molecule has 124 valence electrons. The van der Waals surface area contributed by atoms with Gasteiger partial charge in [0.2, 0.25) is 0 Å². The van der Waals surface area contributed by atoms with Crippen molar-refractivity contribution in [3.05, 3.63) is 65.2 Å². The van der Waals surface area contributed by atoms with Gasteiger partial charge in [-0.15, -0.1) is 0 Å². The van der Waals surface area contributed by atoms with Gasteiger partial charge in [-0.3, -0.25) is 4.90 Å². The number of anilines is 1. The molecule has 1 aliphatic heterocycles. The second-order valence-electron chi connectivity index (χ2n) is 5.91. The van der Waals surface area contributed by atoms with Crippen LogP contribution < -0.4 is 4.90 Å². The smallest absolute Gasteiger partial charge is 0.337 e. The van der Waals surface area contributed by atoms with Gasteiger partial charge >= 0.3 is 12.0 Å². The Labute approximate surface area is 141 Å². The van der Waals surface area contributed by atoms with E-state index in [2.05, 4.69) is 0 Å². The summed E-state index contributed by atoms with van der Waals surface area (Å²) in [4.78, 5) is 28.1. The number of carbonyl (C=O) groups is 2. The van der Waals surface area contributed by atoms with E-state index < -0.39 is 5.97 Å². The molecule has 0 saturated heterocycles. The minimum absolute atomic E-state index is 0.0498. The van der Waals surface area contributed by atoms with Crippen LogP contribution in [0.2, 0.25) is 0 Å². The zero-order valence-corrected chi connectivity index (χ0v) is 14.0. The average Bonchev–Trinajstić information content (AvgIpc) is 2.63. The summed E-state index contributed by atoms with van der Waals surface area (Å²) in [6.07, 6.45) is 0. The van der Waals surface area contributed by atoms with Crippen molar-refractivity contribution in [1.29, 1.82) is 0 Å². The molecule has 0 radical (unpaired) electrons. The van der Waals surface area contributed by atoms with Gasteiger partial charge in [0, 0.05) is 7.05 Å². The molecule has 2 aromatic carbocycles. The van der Waals surface area contributed by atoms with Crippen molar-refractivity contribution >= 4 is 17.7 Å². The van der Waals surface area contributed by atoms with E-state index in [1.54, 1.807) is 29.0 Å². The predicted molar refractivity (Wildman–Crippen MR) is 92.0 cm³/mol. The lowest BCUT2D eigenvalue weighted by atomic mass is 9.98. The molecule has 1 aliphatic rings.